The Balaban J connectivity index is 0.000000913. The predicted molar refractivity (Wildman–Crippen MR) is 218 cm³/mol. The number of hydrogen-bond donors (Lipinski definition) is 2. The van der Waals surface area contributed by atoms with E-state index in [4.69, 9.17) is 19.5 Å². The molecule has 4 aliphatic rings. The van der Waals surface area contributed by atoms with Crippen molar-refractivity contribution in [3.8, 4) is 0 Å². The zero-order chi connectivity index (χ0) is 44.2. The third-order valence-electron chi connectivity index (χ3n) is 11.0. The van der Waals surface area contributed by atoms with Gasteiger partial charge < -0.3 is 36.6 Å². The van der Waals surface area contributed by atoms with Crippen LogP contribution in [0.2, 0.25) is 0 Å². The van der Waals surface area contributed by atoms with Crippen LogP contribution in [0.4, 0.5) is 31.0 Å². The van der Waals surface area contributed by atoms with E-state index in [1.807, 2.05) is 54.5 Å². The summed E-state index contributed by atoms with van der Waals surface area (Å²) in [7, 11) is 0. The first-order chi connectivity index (χ1) is 27.5. The molecule has 2 spiro atoms. The molecule has 0 radical (unpaired) electrons. The van der Waals surface area contributed by atoms with Crippen LogP contribution >= 0.6 is 0 Å². The van der Waals surface area contributed by atoms with Crippen molar-refractivity contribution in [2.24, 2.45) is 10.8 Å². The minimum atomic E-state index is -0.549. The molecule has 16 nitrogen and oxygen atoms in total. The number of alkyl carbamates (subject to hydrolysis) is 2. The first-order valence-corrected chi connectivity index (χ1v) is 20.1. The number of nitrogens with zero attached hydrogens (tertiary/aromatic N) is 3. The fraction of sp³-hybridized carbons (Fsp3) is 0.643. The summed E-state index contributed by atoms with van der Waals surface area (Å²) < 4.78 is 23.1. The molecule has 0 atom stereocenters. The van der Waals surface area contributed by atoms with Crippen LogP contribution in [0.3, 0.4) is 0 Å². The average Bonchev–Trinajstić information content (AvgIpc) is 3.11. The van der Waals surface area contributed by atoms with E-state index in [1.165, 1.54) is 45.1 Å². The molecule has 3 saturated carbocycles. The number of aryl methyl sites for hydroxylation is 2. The van der Waals surface area contributed by atoms with Crippen LogP contribution in [0.5, 0.6) is 0 Å². The van der Waals surface area contributed by atoms with E-state index in [2.05, 4.69) is 20.4 Å². The van der Waals surface area contributed by atoms with Crippen molar-refractivity contribution in [3.63, 3.8) is 0 Å². The average molecular weight is 910 g/mol. The molecule has 2 N–H and O–H groups in total. The number of nitro groups is 2. The molecular weight excluding hydrogens is 848 g/mol. The minimum absolute atomic E-state index is 0. The van der Waals surface area contributed by atoms with Gasteiger partial charge in [0.25, 0.3) is 17.8 Å². The summed E-state index contributed by atoms with van der Waals surface area (Å²) in [5.41, 5.74) is 2.39. The molecule has 0 aromatic heterocycles. The van der Waals surface area contributed by atoms with Gasteiger partial charge in [0, 0.05) is 55.1 Å². The summed E-state index contributed by atoms with van der Waals surface area (Å²) in [5, 5.41) is 35.4. The number of nitro benzene ring substituents is 2. The first kappa shape index (κ1) is 57.2. The second-order valence-electron chi connectivity index (χ2n) is 18.2. The van der Waals surface area contributed by atoms with Gasteiger partial charge in [0.15, 0.2) is 0 Å². The van der Waals surface area contributed by atoms with Gasteiger partial charge in [-0.2, -0.15) is 0 Å². The second kappa shape index (κ2) is 25.6. The molecule has 1 heterocycles. The van der Waals surface area contributed by atoms with E-state index in [-0.39, 0.29) is 145 Å². The van der Waals surface area contributed by atoms with Crippen LogP contribution in [-0.2, 0) is 19.2 Å². The van der Waals surface area contributed by atoms with Gasteiger partial charge in [-0.05, 0) is 141 Å². The van der Waals surface area contributed by atoms with Crippen molar-refractivity contribution in [2.75, 3.05) is 18.0 Å². The topological polar surface area (TPSA) is 216 Å². The Labute approximate surface area is 445 Å². The summed E-state index contributed by atoms with van der Waals surface area (Å²) in [6.07, 6.45) is 12.8. The van der Waals surface area contributed by atoms with Gasteiger partial charge in [-0.25, -0.2) is 14.0 Å². The van der Waals surface area contributed by atoms with Crippen molar-refractivity contribution in [3.05, 3.63) is 73.6 Å². The predicted octanol–water partition coefficient (Wildman–Crippen LogP) is 2.40. The Bertz CT molecular complexity index is 1770. The number of amides is 2. The Morgan fingerprint density at radius 1 is 0.754 bits per heavy atom. The number of piperidine rings is 1. The molecule has 1 saturated heterocycles. The number of ether oxygens (including phenoxy) is 2. The maximum atomic E-state index is 12.5. The summed E-state index contributed by atoms with van der Waals surface area (Å²) in [6, 6.07) is 9.07. The Hall–Kier alpha value is -1.79. The van der Waals surface area contributed by atoms with Gasteiger partial charge in [-0.1, -0.05) is 19.3 Å². The van der Waals surface area contributed by atoms with Crippen LogP contribution in [-0.4, -0.2) is 64.9 Å². The monoisotopic (exact) mass is 909 g/mol. The molecule has 330 valence electrons. The van der Waals surface area contributed by atoms with Crippen LogP contribution in [0.25, 0.3) is 0 Å². The number of carbonyl (C=O) groups is 3. The first-order valence-electron chi connectivity index (χ1n) is 20.1. The molecule has 2 aromatic rings. The fourth-order valence-corrected chi connectivity index (χ4v) is 8.31. The van der Waals surface area contributed by atoms with E-state index in [0.717, 1.165) is 75.0 Å². The molecular formula is C42H62FK2N5O11. The van der Waals surface area contributed by atoms with Crippen molar-refractivity contribution in [1.29, 1.82) is 0 Å². The normalized spacial score (nSPS) is 17.4. The van der Waals surface area contributed by atoms with Crippen LogP contribution in [0.15, 0.2) is 36.4 Å². The molecule has 61 heavy (non-hydrogen) atoms. The maximum Gasteiger partial charge on any atom is 1.00 e. The third-order valence-corrected chi connectivity index (χ3v) is 11.0. The number of non-ortho nitro benzene ring substituents is 2. The Morgan fingerprint density at radius 2 is 1.15 bits per heavy atom. The summed E-state index contributed by atoms with van der Waals surface area (Å²) in [4.78, 5) is 57.2. The van der Waals surface area contributed by atoms with Gasteiger partial charge in [0.1, 0.15) is 17.0 Å². The Morgan fingerprint density at radius 3 is 1.51 bits per heavy atom. The molecule has 3 aliphatic carbocycles. The number of hydrogen-bond acceptors (Lipinski definition) is 12. The molecule has 0 bridgehead atoms. The molecule has 2 amide bonds. The van der Waals surface area contributed by atoms with Gasteiger partial charge in [-0.15, -0.1) is 0 Å². The molecule has 1 aliphatic heterocycles. The van der Waals surface area contributed by atoms with E-state index in [9.17, 15) is 34.2 Å². The fourth-order valence-electron chi connectivity index (χ4n) is 8.31. The molecule has 6 rings (SSSR count). The quantitative estimate of drug-likeness (QED) is 0.141. The SMILES string of the molecule is CC(C)(C)OC(=O)NC1CC2(CCCCC2)C1.Cc1cc([N+](=O)[O-])ccc1F.Cc1cc([N+](=O)[O-])ccc1N1CCC2(CC1)CC(NC(=O)OC(C)(C)C)C2.O=CO[O-].[H-].[K+].[K+]. The smallest absolute Gasteiger partial charge is 1.00 e. The van der Waals surface area contributed by atoms with E-state index in [1.54, 1.807) is 12.1 Å². The summed E-state index contributed by atoms with van der Waals surface area (Å²) >= 11 is 0. The van der Waals surface area contributed by atoms with E-state index in [0.29, 0.717) is 22.4 Å². The third kappa shape index (κ3) is 19.5. The number of benzene rings is 2. The maximum absolute atomic E-state index is 12.5. The zero-order valence-corrected chi connectivity index (χ0v) is 43.8. The molecule has 0 unspecified atom stereocenters. The number of rotatable bonds is 6. The van der Waals surface area contributed by atoms with Crippen molar-refractivity contribution in [2.45, 2.75) is 149 Å². The van der Waals surface area contributed by atoms with Crippen molar-refractivity contribution in [1.82, 2.24) is 10.6 Å². The zero-order valence-electron chi connectivity index (χ0n) is 38.6. The Kier molecular flexibility index (Phi) is 24.1. The second-order valence-corrected chi connectivity index (χ2v) is 18.2. The van der Waals surface area contributed by atoms with Crippen LogP contribution in [0, 0.1) is 50.7 Å². The molecule has 4 fully saturated rings. The number of halogens is 1. The summed E-state index contributed by atoms with van der Waals surface area (Å²) in [6.45, 7) is 16.4. The number of nitrogens with one attached hydrogen (secondary N) is 2. The molecule has 2 aromatic carbocycles. The van der Waals surface area contributed by atoms with Crippen LogP contribution in [0.1, 0.15) is 125 Å². The van der Waals surface area contributed by atoms with Crippen LogP contribution < -0.4 is 124 Å². The van der Waals surface area contributed by atoms with E-state index >= 15 is 0 Å². The number of anilines is 1. The van der Waals surface area contributed by atoms with E-state index < -0.39 is 21.9 Å². The largest absolute Gasteiger partial charge is 1.00 e. The molecule has 19 heteroatoms. The van der Waals surface area contributed by atoms with Gasteiger partial charge in [0.05, 0.1) is 9.85 Å². The van der Waals surface area contributed by atoms with Gasteiger partial charge >= 0.3 is 115 Å². The van der Waals surface area contributed by atoms with Gasteiger partial charge in [0.2, 0.25) is 0 Å². The standard InChI is InChI=1S/C20H29N3O4.C14H25NO2.C7H6FNO2.CH2O3.2K.H/c1-14-11-16(23(25)26)5-6-17(14)22-9-7-20(8-10-22)12-15(13-20)21-18(24)27-19(2,3)4;1-13(2,3)17-12(16)15-11-9-14(10-11)7-5-4-6-8-14;1-5-4-6(9(10)11)2-3-7(5)8;2-1-4-3;;;/h5-6,11,15H,7-10,12-13H2,1-4H3,(H,21,24);11H,4-10H2,1-3H3,(H,15,16);2-4H,1H3;1,3H;;;/q;;;;2*+1;-1/p-1. The van der Waals surface area contributed by atoms with Crippen molar-refractivity contribution >= 4 is 35.7 Å². The van der Waals surface area contributed by atoms with Gasteiger partial charge in [-0.3, -0.25) is 25.0 Å². The summed E-state index contributed by atoms with van der Waals surface area (Å²) in [5.74, 6) is -0.421. The minimum Gasteiger partial charge on any atom is -1.00 e. The van der Waals surface area contributed by atoms with Crippen molar-refractivity contribution < 1.29 is 152 Å². The number of carbonyl (C=O) groups excluding carboxylic acids is 3.